The van der Waals surface area contributed by atoms with E-state index in [9.17, 15) is 4.79 Å². The first-order valence-electron chi connectivity index (χ1n) is 10.7. The van der Waals surface area contributed by atoms with Crippen molar-refractivity contribution in [3.05, 3.63) is 48.2 Å². The number of H-pyrrole nitrogens is 1. The van der Waals surface area contributed by atoms with Crippen LogP contribution in [0.2, 0.25) is 0 Å². The number of pyridine rings is 1. The van der Waals surface area contributed by atoms with E-state index in [4.69, 9.17) is 0 Å². The first-order chi connectivity index (χ1) is 13.6. The van der Waals surface area contributed by atoms with Crippen LogP contribution in [0.15, 0.2) is 42.5 Å². The lowest BCUT2D eigenvalue weighted by atomic mass is 9.88. The van der Waals surface area contributed by atoms with Crippen LogP contribution in [0.4, 0.5) is 0 Å². The molecular formula is C23H31N4O+. The molecule has 1 saturated carbocycles. The number of carbonyl (C=O) groups is 1. The van der Waals surface area contributed by atoms with Gasteiger partial charge in [0.2, 0.25) is 0 Å². The number of allylic oxidation sites excluding steroid dienone is 3. The fourth-order valence-electron chi connectivity index (χ4n) is 5.12. The van der Waals surface area contributed by atoms with Gasteiger partial charge in [-0.1, -0.05) is 12.5 Å². The minimum atomic E-state index is 0.257. The molecule has 5 heteroatoms. The number of carbonyl (C=O) groups excluding carboxylic acids is 1. The largest absolute Gasteiger partial charge is 0.344 e. The summed E-state index contributed by atoms with van der Waals surface area (Å²) in [4.78, 5) is 24.6. The Balaban J connectivity index is 1.54. The molecule has 5 nitrogen and oxygen atoms in total. The number of rotatable bonds is 6. The van der Waals surface area contributed by atoms with E-state index in [0.717, 1.165) is 42.4 Å². The topological polar surface area (TPSA) is 58.6 Å². The predicted octanol–water partition coefficient (Wildman–Crippen LogP) is 4.67. The highest BCUT2D eigenvalue weighted by molar-refractivity contribution is 5.76. The molecule has 2 aliphatic rings. The van der Waals surface area contributed by atoms with Crippen LogP contribution in [0.5, 0.6) is 0 Å². The summed E-state index contributed by atoms with van der Waals surface area (Å²) in [5.41, 5.74) is 4.22. The second kappa shape index (κ2) is 8.00. The van der Waals surface area contributed by atoms with Gasteiger partial charge in [0, 0.05) is 19.0 Å². The second-order valence-electron chi connectivity index (χ2n) is 8.57. The predicted molar refractivity (Wildman–Crippen MR) is 111 cm³/mol. The van der Waals surface area contributed by atoms with Crippen molar-refractivity contribution in [2.24, 2.45) is 5.92 Å². The molecule has 2 aliphatic carbocycles. The molecule has 2 atom stereocenters. The molecule has 2 aromatic rings. The van der Waals surface area contributed by atoms with Crippen LogP contribution >= 0.6 is 0 Å². The molecule has 1 N–H and O–H groups in total. The summed E-state index contributed by atoms with van der Waals surface area (Å²) >= 11 is 0. The van der Waals surface area contributed by atoms with E-state index in [2.05, 4.69) is 47.0 Å². The van der Waals surface area contributed by atoms with Crippen molar-refractivity contribution in [1.82, 2.24) is 15.0 Å². The zero-order chi connectivity index (χ0) is 19.6. The van der Waals surface area contributed by atoms with Crippen molar-refractivity contribution in [2.75, 3.05) is 0 Å². The number of nitrogens with zero attached hydrogens (tertiary/aromatic N) is 3. The van der Waals surface area contributed by atoms with Gasteiger partial charge in [0.15, 0.2) is 0 Å². The van der Waals surface area contributed by atoms with Gasteiger partial charge in [-0.3, -0.25) is 4.98 Å². The summed E-state index contributed by atoms with van der Waals surface area (Å²) in [6.45, 7) is 4.37. The van der Waals surface area contributed by atoms with Crippen LogP contribution in [0.1, 0.15) is 58.1 Å². The maximum atomic E-state index is 12.4. The van der Waals surface area contributed by atoms with Crippen molar-refractivity contribution >= 4 is 17.4 Å². The Morgan fingerprint density at radius 2 is 2.07 bits per heavy atom. The summed E-state index contributed by atoms with van der Waals surface area (Å²) in [5, 5.41) is 0. The molecule has 2 heterocycles. The van der Waals surface area contributed by atoms with Crippen LogP contribution in [0.25, 0.3) is 11.0 Å². The van der Waals surface area contributed by atoms with Crippen LogP contribution in [0.3, 0.4) is 0 Å². The fraction of sp³-hybridized carbons (Fsp3) is 0.522. The zero-order valence-electron chi connectivity index (χ0n) is 17.0. The summed E-state index contributed by atoms with van der Waals surface area (Å²) in [5.74, 6) is 0.394. The van der Waals surface area contributed by atoms with Crippen LogP contribution in [0, 0.1) is 5.92 Å². The van der Waals surface area contributed by atoms with Crippen molar-refractivity contribution in [1.29, 1.82) is 0 Å². The number of hydrogen-bond acceptors (Lipinski definition) is 3. The van der Waals surface area contributed by atoms with E-state index in [1.807, 2.05) is 12.3 Å². The standard InChI is InChI=1S/C23H31N4O/c1-17(2)27(16-28,19-6-4-3-5-7-19)20-10-8-18(9-11-20)14-22-23-21(12-13-24-22)25-15-26-23/h8,10-13,15-19H,3-7,9,14H2,1-2H3,(H,25,26)/q+1. The minimum absolute atomic E-state index is 0.257. The number of fused-ring (bicyclic) bond motifs is 1. The Morgan fingerprint density at radius 1 is 1.25 bits per heavy atom. The Hall–Kier alpha value is -2.27. The molecule has 4 rings (SSSR count). The lowest BCUT2D eigenvalue weighted by molar-refractivity contribution is -0.854. The van der Waals surface area contributed by atoms with Crippen molar-refractivity contribution in [3.8, 4) is 0 Å². The van der Waals surface area contributed by atoms with Gasteiger partial charge in [-0.25, -0.2) is 14.3 Å². The zero-order valence-corrected chi connectivity index (χ0v) is 17.0. The fourth-order valence-corrected chi connectivity index (χ4v) is 5.12. The quantitative estimate of drug-likeness (QED) is 0.586. The first kappa shape index (κ1) is 19.1. The highest BCUT2D eigenvalue weighted by Gasteiger charge is 2.44. The number of aromatic amines is 1. The van der Waals surface area contributed by atoms with Crippen molar-refractivity contribution in [2.45, 2.75) is 70.9 Å². The Labute approximate surface area is 167 Å². The van der Waals surface area contributed by atoms with E-state index < -0.39 is 0 Å². The third kappa shape index (κ3) is 3.32. The van der Waals surface area contributed by atoms with Crippen molar-refractivity contribution < 1.29 is 9.28 Å². The van der Waals surface area contributed by atoms with E-state index in [-0.39, 0.29) is 6.04 Å². The number of aromatic nitrogens is 3. The van der Waals surface area contributed by atoms with E-state index >= 15 is 0 Å². The number of amides is 1. The van der Waals surface area contributed by atoms with Gasteiger partial charge in [0.25, 0.3) is 0 Å². The van der Waals surface area contributed by atoms with Crippen LogP contribution in [-0.4, -0.2) is 37.9 Å². The summed E-state index contributed by atoms with van der Waals surface area (Å²) in [6, 6.07) is 2.63. The molecule has 0 saturated heterocycles. The number of nitrogens with one attached hydrogen (secondary N) is 1. The lowest BCUT2D eigenvalue weighted by Gasteiger charge is -2.45. The monoisotopic (exact) mass is 379 g/mol. The van der Waals surface area contributed by atoms with Gasteiger partial charge in [-0.15, -0.1) is 0 Å². The smallest absolute Gasteiger partial charge is 0.306 e. The third-order valence-electron chi connectivity index (χ3n) is 6.69. The molecule has 28 heavy (non-hydrogen) atoms. The van der Waals surface area contributed by atoms with Gasteiger partial charge in [-0.05, 0) is 63.7 Å². The molecule has 0 aliphatic heterocycles. The number of hydrogen-bond donors (Lipinski definition) is 1. The average Bonchev–Trinajstić information content (AvgIpc) is 3.21. The molecule has 1 amide bonds. The van der Waals surface area contributed by atoms with Gasteiger partial charge in [0.05, 0.1) is 23.6 Å². The van der Waals surface area contributed by atoms with Crippen LogP contribution in [-0.2, 0) is 11.2 Å². The second-order valence-corrected chi connectivity index (χ2v) is 8.57. The average molecular weight is 380 g/mol. The molecule has 2 aromatic heterocycles. The molecular weight excluding hydrogens is 348 g/mol. The molecule has 2 unspecified atom stereocenters. The number of quaternary nitrogens is 1. The highest BCUT2D eigenvalue weighted by Crippen LogP contribution is 2.37. The maximum Gasteiger partial charge on any atom is 0.306 e. The molecule has 0 aromatic carbocycles. The molecule has 1 fully saturated rings. The van der Waals surface area contributed by atoms with Gasteiger partial charge >= 0.3 is 6.41 Å². The summed E-state index contributed by atoms with van der Waals surface area (Å²) in [7, 11) is 0. The highest BCUT2D eigenvalue weighted by atomic mass is 16.1. The van der Waals surface area contributed by atoms with Crippen molar-refractivity contribution in [3.63, 3.8) is 0 Å². The van der Waals surface area contributed by atoms with Gasteiger partial charge < -0.3 is 4.98 Å². The number of imidazole rings is 1. The Bertz CT molecular complexity index is 891. The Kier molecular flexibility index (Phi) is 5.44. The van der Waals surface area contributed by atoms with E-state index in [1.165, 1.54) is 31.4 Å². The summed E-state index contributed by atoms with van der Waals surface area (Å²) in [6.07, 6.45) is 19.5. The molecule has 0 spiro atoms. The maximum absolute atomic E-state index is 12.4. The third-order valence-corrected chi connectivity index (χ3v) is 6.69. The van der Waals surface area contributed by atoms with Gasteiger partial charge in [-0.2, -0.15) is 0 Å². The molecule has 0 bridgehead atoms. The van der Waals surface area contributed by atoms with E-state index in [1.54, 1.807) is 6.33 Å². The van der Waals surface area contributed by atoms with Crippen LogP contribution < -0.4 is 0 Å². The first-order valence-corrected chi connectivity index (χ1v) is 10.7. The SMILES string of the molecule is CC(C)[N+](C=O)(C1=CCC(Cc2nccc3[nH]cnc23)C=C1)C1CCCCC1. The van der Waals surface area contributed by atoms with E-state index in [0.29, 0.717) is 16.4 Å². The Morgan fingerprint density at radius 3 is 2.75 bits per heavy atom. The minimum Gasteiger partial charge on any atom is -0.344 e. The normalized spacial score (nSPS) is 23.0. The molecule has 148 valence electrons. The van der Waals surface area contributed by atoms with Gasteiger partial charge in [0.1, 0.15) is 17.3 Å². The lowest BCUT2D eigenvalue weighted by Crippen LogP contribution is -2.58. The molecule has 0 radical (unpaired) electrons. The summed E-state index contributed by atoms with van der Waals surface area (Å²) < 4.78 is 0.483.